The molecule has 7 heteroatoms. The fraction of sp³-hybridized carbons (Fsp3) is 0.200. The standard InChI is InChI=1S/C20H19F2N3O2/c1-3-10-25-18(20(26)23-13-8-9-15(21)16(22)11-13)12-17(24-25)14-6-4-5-7-19(14)27-2/h4-9,11-12H,3,10H2,1-2H3,(H,23,26). The monoisotopic (exact) mass is 371 g/mol. The number of hydrogen-bond donors (Lipinski definition) is 1. The summed E-state index contributed by atoms with van der Waals surface area (Å²) >= 11 is 0. The molecule has 1 amide bonds. The highest BCUT2D eigenvalue weighted by Crippen LogP contribution is 2.29. The molecule has 5 nitrogen and oxygen atoms in total. The summed E-state index contributed by atoms with van der Waals surface area (Å²) in [6.45, 7) is 2.51. The third kappa shape index (κ3) is 3.97. The third-order valence-electron chi connectivity index (χ3n) is 4.01. The van der Waals surface area contributed by atoms with Crippen LogP contribution in [0, 0.1) is 11.6 Å². The molecule has 0 spiro atoms. The van der Waals surface area contributed by atoms with Crippen molar-refractivity contribution in [1.29, 1.82) is 0 Å². The first-order valence-corrected chi connectivity index (χ1v) is 8.51. The number of nitrogens with zero attached hydrogens (tertiary/aromatic N) is 2. The van der Waals surface area contributed by atoms with E-state index in [-0.39, 0.29) is 5.69 Å². The van der Waals surface area contributed by atoms with Crippen LogP contribution in [0.4, 0.5) is 14.5 Å². The molecule has 27 heavy (non-hydrogen) atoms. The van der Waals surface area contributed by atoms with Crippen LogP contribution in [-0.4, -0.2) is 22.8 Å². The number of nitrogens with one attached hydrogen (secondary N) is 1. The Morgan fingerprint density at radius 1 is 1.15 bits per heavy atom. The van der Waals surface area contributed by atoms with Gasteiger partial charge in [-0.2, -0.15) is 5.10 Å². The van der Waals surface area contributed by atoms with Crippen molar-refractivity contribution in [3.8, 4) is 17.0 Å². The van der Waals surface area contributed by atoms with Gasteiger partial charge in [0, 0.05) is 23.9 Å². The minimum Gasteiger partial charge on any atom is -0.496 e. The van der Waals surface area contributed by atoms with E-state index in [1.807, 2.05) is 31.2 Å². The highest BCUT2D eigenvalue weighted by molar-refractivity contribution is 6.03. The van der Waals surface area contributed by atoms with Gasteiger partial charge in [-0.25, -0.2) is 8.78 Å². The van der Waals surface area contributed by atoms with Crippen LogP contribution in [0.1, 0.15) is 23.8 Å². The Hall–Kier alpha value is -3.22. The van der Waals surface area contributed by atoms with E-state index >= 15 is 0 Å². The number of hydrogen-bond acceptors (Lipinski definition) is 3. The smallest absolute Gasteiger partial charge is 0.273 e. The number of carbonyl (C=O) groups excluding carboxylic acids is 1. The number of aryl methyl sites for hydroxylation is 1. The molecule has 3 aromatic rings. The molecule has 1 heterocycles. The Morgan fingerprint density at radius 2 is 1.93 bits per heavy atom. The third-order valence-corrected chi connectivity index (χ3v) is 4.01. The van der Waals surface area contributed by atoms with Gasteiger partial charge in [-0.15, -0.1) is 0 Å². The lowest BCUT2D eigenvalue weighted by Gasteiger charge is -2.07. The Kier molecular flexibility index (Phi) is 5.49. The molecule has 0 atom stereocenters. The van der Waals surface area contributed by atoms with Crippen molar-refractivity contribution >= 4 is 11.6 Å². The molecule has 0 fully saturated rings. The van der Waals surface area contributed by atoms with Gasteiger partial charge in [0.25, 0.3) is 5.91 Å². The molecule has 0 unspecified atom stereocenters. The molecule has 1 N–H and O–H groups in total. The minimum absolute atomic E-state index is 0.169. The van der Waals surface area contributed by atoms with E-state index in [2.05, 4.69) is 10.4 Å². The van der Waals surface area contributed by atoms with Crippen LogP contribution in [0.2, 0.25) is 0 Å². The molecule has 140 valence electrons. The fourth-order valence-electron chi connectivity index (χ4n) is 2.74. The second kappa shape index (κ2) is 7.99. The Morgan fingerprint density at radius 3 is 2.63 bits per heavy atom. The number of benzene rings is 2. The Bertz CT molecular complexity index is 970. The van der Waals surface area contributed by atoms with Gasteiger partial charge < -0.3 is 10.1 Å². The highest BCUT2D eigenvalue weighted by Gasteiger charge is 2.18. The van der Waals surface area contributed by atoms with E-state index in [0.29, 0.717) is 23.7 Å². The van der Waals surface area contributed by atoms with E-state index in [4.69, 9.17) is 4.74 Å². The first kappa shape index (κ1) is 18.6. The minimum atomic E-state index is -1.02. The molecular formula is C20H19F2N3O2. The van der Waals surface area contributed by atoms with Crippen molar-refractivity contribution in [3.63, 3.8) is 0 Å². The second-order valence-electron chi connectivity index (χ2n) is 5.92. The molecule has 0 bridgehead atoms. The van der Waals surface area contributed by atoms with Crippen molar-refractivity contribution in [2.75, 3.05) is 12.4 Å². The van der Waals surface area contributed by atoms with Crippen LogP contribution in [0.5, 0.6) is 5.75 Å². The van der Waals surface area contributed by atoms with Crippen molar-refractivity contribution in [2.24, 2.45) is 0 Å². The highest BCUT2D eigenvalue weighted by atomic mass is 19.2. The first-order chi connectivity index (χ1) is 13.0. The topological polar surface area (TPSA) is 56.2 Å². The number of halogens is 2. The van der Waals surface area contributed by atoms with Crippen molar-refractivity contribution in [1.82, 2.24) is 9.78 Å². The van der Waals surface area contributed by atoms with Gasteiger partial charge in [0.1, 0.15) is 11.4 Å². The molecular weight excluding hydrogens is 352 g/mol. The quantitative estimate of drug-likeness (QED) is 0.694. The van der Waals surface area contributed by atoms with Crippen molar-refractivity contribution in [2.45, 2.75) is 19.9 Å². The summed E-state index contributed by atoms with van der Waals surface area (Å²) in [6.07, 6.45) is 0.776. The van der Waals surface area contributed by atoms with E-state index in [9.17, 15) is 13.6 Å². The number of aromatic nitrogens is 2. The molecule has 0 saturated heterocycles. The molecule has 1 aromatic heterocycles. The molecule has 0 saturated carbocycles. The van der Waals surface area contributed by atoms with Crippen molar-refractivity contribution < 1.29 is 18.3 Å². The van der Waals surface area contributed by atoms with Gasteiger partial charge in [-0.1, -0.05) is 19.1 Å². The molecule has 0 radical (unpaired) electrons. The maximum absolute atomic E-state index is 13.4. The summed E-state index contributed by atoms with van der Waals surface area (Å²) in [5.74, 6) is -1.80. The van der Waals surface area contributed by atoms with E-state index in [1.165, 1.54) is 6.07 Å². The summed E-state index contributed by atoms with van der Waals surface area (Å²) < 4.78 is 33.4. The number of carbonyl (C=O) groups is 1. The zero-order chi connectivity index (χ0) is 19.4. The lowest BCUT2D eigenvalue weighted by molar-refractivity contribution is 0.101. The van der Waals surface area contributed by atoms with E-state index < -0.39 is 17.5 Å². The maximum atomic E-state index is 13.4. The number of methoxy groups -OCH3 is 1. The zero-order valence-corrected chi connectivity index (χ0v) is 15.0. The summed E-state index contributed by atoms with van der Waals surface area (Å²) in [6, 6.07) is 12.2. The van der Waals surface area contributed by atoms with Crippen LogP contribution in [0.3, 0.4) is 0 Å². The number of para-hydroxylation sites is 1. The van der Waals surface area contributed by atoms with Gasteiger partial charge in [-0.05, 0) is 36.8 Å². The van der Waals surface area contributed by atoms with Crippen LogP contribution in [0.15, 0.2) is 48.5 Å². The Labute approximate surface area is 155 Å². The first-order valence-electron chi connectivity index (χ1n) is 8.51. The largest absolute Gasteiger partial charge is 0.496 e. The fourth-order valence-corrected chi connectivity index (χ4v) is 2.74. The average molecular weight is 371 g/mol. The predicted molar refractivity (Wildman–Crippen MR) is 98.8 cm³/mol. The van der Waals surface area contributed by atoms with Gasteiger partial charge in [-0.3, -0.25) is 9.48 Å². The number of anilines is 1. The van der Waals surface area contributed by atoms with Crippen LogP contribution >= 0.6 is 0 Å². The summed E-state index contributed by atoms with van der Waals surface area (Å²) in [5.41, 5.74) is 1.84. The van der Waals surface area contributed by atoms with Gasteiger partial charge in [0.2, 0.25) is 0 Å². The number of amides is 1. The van der Waals surface area contributed by atoms with E-state index in [0.717, 1.165) is 24.1 Å². The van der Waals surface area contributed by atoms with Crippen LogP contribution in [-0.2, 0) is 6.54 Å². The summed E-state index contributed by atoms with van der Waals surface area (Å²) in [5, 5.41) is 7.10. The maximum Gasteiger partial charge on any atom is 0.273 e. The van der Waals surface area contributed by atoms with Gasteiger partial charge >= 0.3 is 0 Å². The average Bonchev–Trinajstić information content (AvgIpc) is 3.09. The molecule has 0 aliphatic rings. The van der Waals surface area contributed by atoms with E-state index in [1.54, 1.807) is 17.9 Å². The molecule has 2 aromatic carbocycles. The second-order valence-corrected chi connectivity index (χ2v) is 5.92. The van der Waals surface area contributed by atoms with Crippen LogP contribution in [0.25, 0.3) is 11.3 Å². The zero-order valence-electron chi connectivity index (χ0n) is 15.0. The Balaban J connectivity index is 1.95. The van der Waals surface area contributed by atoms with Crippen molar-refractivity contribution in [3.05, 3.63) is 65.9 Å². The normalized spacial score (nSPS) is 10.7. The van der Waals surface area contributed by atoms with Gasteiger partial charge in [0.15, 0.2) is 11.6 Å². The lowest BCUT2D eigenvalue weighted by Crippen LogP contribution is -2.18. The number of rotatable bonds is 6. The molecule has 0 aliphatic heterocycles. The summed E-state index contributed by atoms with van der Waals surface area (Å²) in [7, 11) is 1.57. The number of ether oxygens (including phenoxy) is 1. The van der Waals surface area contributed by atoms with Gasteiger partial charge in [0.05, 0.1) is 12.8 Å². The summed E-state index contributed by atoms with van der Waals surface area (Å²) in [4.78, 5) is 12.7. The molecule has 0 aliphatic carbocycles. The molecule has 3 rings (SSSR count). The van der Waals surface area contributed by atoms with Crippen LogP contribution < -0.4 is 10.1 Å². The SMILES string of the molecule is CCCn1nc(-c2ccccc2OC)cc1C(=O)Nc1ccc(F)c(F)c1. The predicted octanol–water partition coefficient (Wildman–Crippen LogP) is 4.50. The lowest BCUT2D eigenvalue weighted by atomic mass is 10.1.